The molecule has 4 rings (SSSR count). The Morgan fingerprint density at radius 1 is 1.00 bits per heavy atom. The predicted molar refractivity (Wildman–Crippen MR) is 90.7 cm³/mol. The first kappa shape index (κ1) is 14.3. The number of nitrogens with one attached hydrogen (secondary N) is 1. The Morgan fingerprint density at radius 3 is 2.65 bits per heavy atom. The van der Waals surface area contributed by atoms with Gasteiger partial charge in [0.1, 0.15) is 11.3 Å². The number of hydrogen-bond acceptors (Lipinski definition) is 2. The first-order valence-corrected chi connectivity index (χ1v) is 7.55. The highest BCUT2D eigenvalue weighted by atomic mass is 35.5. The van der Waals surface area contributed by atoms with Crippen LogP contribution in [0, 0.1) is 5.82 Å². The lowest BCUT2D eigenvalue weighted by Gasteiger charge is -2.06. The highest BCUT2D eigenvalue weighted by molar-refractivity contribution is 6.39. The van der Waals surface area contributed by atoms with E-state index in [2.05, 4.69) is 9.97 Å². The summed E-state index contributed by atoms with van der Waals surface area (Å²) in [6.45, 7) is 0. The number of aromatic hydroxyl groups is 1. The van der Waals surface area contributed by atoms with Crippen molar-refractivity contribution >= 4 is 45.0 Å². The number of fused-ring (bicyclic) bond motifs is 2. The summed E-state index contributed by atoms with van der Waals surface area (Å²) in [6.07, 6.45) is 0. The van der Waals surface area contributed by atoms with Crippen molar-refractivity contribution in [2.75, 3.05) is 0 Å². The Hall–Kier alpha value is -2.30. The van der Waals surface area contributed by atoms with Crippen molar-refractivity contribution in [2.45, 2.75) is 0 Å². The van der Waals surface area contributed by atoms with E-state index in [1.54, 1.807) is 24.3 Å². The van der Waals surface area contributed by atoms with Gasteiger partial charge in [0, 0.05) is 16.3 Å². The van der Waals surface area contributed by atoms with Crippen molar-refractivity contribution in [3.63, 3.8) is 0 Å². The van der Waals surface area contributed by atoms with Crippen molar-refractivity contribution < 1.29 is 9.50 Å². The zero-order valence-electron chi connectivity index (χ0n) is 11.6. The Morgan fingerprint density at radius 2 is 1.83 bits per heavy atom. The number of phenolic OH excluding ortho intramolecular Hbond substituents is 1. The first-order valence-electron chi connectivity index (χ1n) is 6.79. The molecule has 0 aliphatic carbocycles. The van der Waals surface area contributed by atoms with Gasteiger partial charge in [0.15, 0.2) is 5.75 Å². The lowest BCUT2D eigenvalue weighted by atomic mass is 10.1. The smallest absolute Gasteiger partial charge is 0.160 e. The molecule has 4 aromatic rings. The van der Waals surface area contributed by atoms with Crippen LogP contribution in [0.3, 0.4) is 0 Å². The second kappa shape index (κ2) is 5.11. The van der Waals surface area contributed by atoms with E-state index in [-0.39, 0.29) is 16.6 Å². The van der Waals surface area contributed by atoms with Gasteiger partial charge in [-0.2, -0.15) is 0 Å². The molecule has 23 heavy (non-hydrogen) atoms. The minimum absolute atomic E-state index is 0.116. The summed E-state index contributed by atoms with van der Waals surface area (Å²) < 4.78 is 13.3. The Bertz CT molecular complexity index is 1080. The van der Waals surface area contributed by atoms with Crippen LogP contribution in [-0.2, 0) is 0 Å². The van der Waals surface area contributed by atoms with E-state index in [4.69, 9.17) is 23.2 Å². The lowest BCUT2D eigenvalue weighted by Crippen LogP contribution is -1.87. The van der Waals surface area contributed by atoms with Crippen molar-refractivity contribution in [3.8, 4) is 17.1 Å². The van der Waals surface area contributed by atoms with Crippen LogP contribution >= 0.6 is 23.2 Å². The molecule has 3 nitrogen and oxygen atoms in total. The number of aromatic nitrogens is 2. The number of nitrogens with zero attached hydrogens (tertiary/aromatic N) is 1. The highest BCUT2D eigenvalue weighted by Gasteiger charge is 2.13. The van der Waals surface area contributed by atoms with Gasteiger partial charge in [-0.05, 0) is 42.5 Å². The molecular weight excluding hydrogens is 338 g/mol. The Kier molecular flexibility index (Phi) is 3.18. The number of hydrogen-bond donors (Lipinski definition) is 2. The van der Waals surface area contributed by atoms with Crippen LogP contribution in [0.2, 0.25) is 10.0 Å². The number of pyridine rings is 1. The van der Waals surface area contributed by atoms with Gasteiger partial charge in [0.25, 0.3) is 0 Å². The average molecular weight is 347 g/mol. The molecule has 0 fully saturated rings. The monoisotopic (exact) mass is 346 g/mol. The molecule has 0 radical (unpaired) electrons. The van der Waals surface area contributed by atoms with Gasteiger partial charge >= 0.3 is 0 Å². The third kappa shape index (κ3) is 2.31. The summed E-state index contributed by atoms with van der Waals surface area (Å²) in [5.41, 5.74) is 2.44. The van der Waals surface area contributed by atoms with E-state index in [0.717, 1.165) is 10.9 Å². The Labute approximate surface area is 140 Å². The first-order chi connectivity index (χ1) is 11.0. The predicted octanol–water partition coefficient (Wildman–Crippen LogP) is 5.53. The molecule has 0 spiro atoms. The van der Waals surface area contributed by atoms with Gasteiger partial charge in [0.2, 0.25) is 0 Å². The number of rotatable bonds is 1. The second-order valence-electron chi connectivity index (χ2n) is 5.20. The molecule has 6 heteroatoms. The molecule has 2 aromatic carbocycles. The van der Waals surface area contributed by atoms with Crippen molar-refractivity contribution in [1.82, 2.24) is 9.97 Å². The molecule has 2 N–H and O–H groups in total. The van der Waals surface area contributed by atoms with Crippen LogP contribution in [0.1, 0.15) is 0 Å². The second-order valence-corrected chi connectivity index (χ2v) is 6.01. The fourth-order valence-corrected chi connectivity index (χ4v) is 3.11. The molecule has 0 saturated heterocycles. The van der Waals surface area contributed by atoms with Crippen molar-refractivity contribution in [1.29, 1.82) is 0 Å². The summed E-state index contributed by atoms with van der Waals surface area (Å²) >= 11 is 12.1. The minimum Gasteiger partial charge on any atom is -0.504 e. The maximum absolute atomic E-state index is 13.3. The fourth-order valence-electron chi connectivity index (χ4n) is 2.59. The van der Waals surface area contributed by atoms with Gasteiger partial charge in [0.05, 0.1) is 21.4 Å². The summed E-state index contributed by atoms with van der Waals surface area (Å²) in [6, 6.07) is 11.3. The van der Waals surface area contributed by atoms with Crippen LogP contribution in [0.5, 0.6) is 5.75 Å². The molecule has 0 unspecified atom stereocenters. The van der Waals surface area contributed by atoms with Gasteiger partial charge in [-0.3, -0.25) is 0 Å². The third-order valence-corrected chi connectivity index (χ3v) is 4.32. The van der Waals surface area contributed by atoms with Crippen LogP contribution in [-0.4, -0.2) is 15.1 Å². The van der Waals surface area contributed by atoms with Crippen LogP contribution in [0.15, 0.2) is 42.5 Å². The van der Waals surface area contributed by atoms with Gasteiger partial charge < -0.3 is 10.1 Å². The SMILES string of the molecule is Oc1c(Cl)cc(Cl)c2ccc(-c3cc4cc(F)ccc4[nH]3)nc12. The van der Waals surface area contributed by atoms with E-state index in [1.807, 2.05) is 0 Å². The maximum Gasteiger partial charge on any atom is 0.160 e. The van der Waals surface area contributed by atoms with Crippen LogP contribution in [0.4, 0.5) is 4.39 Å². The molecular formula is C17H9Cl2FN2O. The fraction of sp³-hybridized carbons (Fsp3) is 0. The van der Waals surface area contributed by atoms with E-state index < -0.39 is 0 Å². The molecule has 0 bridgehead atoms. The van der Waals surface area contributed by atoms with Gasteiger partial charge in [-0.25, -0.2) is 9.37 Å². The maximum atomic E-state index is 13.3. The number of phenols is 1. The van der Waals surface area contributed by atoms with Crippen molar-refractivity contribution in [3.05, 3.63) is 58.3 Å². The van der Waals surface area contributed by atoms with E-state index >= 15 is 0 Å². The highest BCUT2D eigenvalue weighted by Crippen LogP contribution is 2.37. The quantitative estimate of drug-likeness (QED) is 0.475. The summed E-state index contributed by atoms with van der Waals surface area (Å²) in [5.74, 6) is -0.416. The molecule has 0 amide bonds. The molecule has 0 aliphatic rings. The van der Waals surface area contributed by atoms with E-state index in [9.17, 15) is 9.50 Å². The Balaban J connectivity index is 1.95. The van der Waals surface area contributed by atoms with Crippen LogP contribution < -0.4 is 0 Å². The largest absolute Gasteiger partial charge is 0.504 e. The standard InChI is InChI=1S/C17H9Cl2FN2O/c18-11-7-12(19)17(23)16-10(11)2-4-14(22-16)15-6-8-5-9(20)1-3-13(8)21-15/h1-7,21,23H. The molecule has 0 atom stereocenters. The van der Waals surface area contributed by atoms with E-state index in [1.165, 1.54) is 18.2 Å². The lowest BCUT2D eigenvalue weighted by molar-refractivity contribution is 0.480. The average Bonchev–Trinajstić information content (AvgIpc) is 2.95. The molecule has 2 aromatic heterocycles. The zero-order chi connectivity index (χ0) is 16.1. The zero-order valence-corrected chi connectivity index (χ0v) is 13.1. The molecule has 2 heterocycles. The summed E-state index contributed by atoms with van der Waals surface area (Å²) in [4.78, 5) is 7.62. The number of benzene rings is 2. The van der Waals surface area contributed by atoms with Crippen molar-refractivity contribution in [2.24, 2.45) is 0 Å². The number of aromatic amines is 1. The topological polar surface area (TPSA) is 48.9 Å². The van der Waals surface area contributed by atoms with Gasteiger partial charge in [-0.15, -0.1) is 0 Å². The minimum atomic E-state index is -0.300. The molecule has 0 aliphatic heterocycles. The van der Waals surface area contributed by atoms with E-state index in [0.29, 0.717) is 27.3 Å². The normalized spacial score (nSPS) is 11.4. The van der Waals surface area contributed by atoms with Crippen LogP contribution in [0.25, 0.3) is 33.2 Å². The summed E-state index contributed by atoms with van der Waals surface area (Å²) in [5, 5.41) is 12.0. The summed E-state index contributed by atoms with van der Waals surface area (Å²) in [7, 11) is 0. The van der Waals surface area contributed by atoms with Gasteiger partial charge in [-0.1, -0.05) is 23.2 Å². The molecule has 0 saturated carbocycles. The third-order valence-electron chi connectivity index (χ3n) is 3.72. The molecule has 114 valence electrons. The number of H-pyrrole nitrogens is 1. The number of halogens is 3.